The standard InChI is InChI=1S/C15H26O4/c16-13-4-2-1-3-5-14(13)19-12-6-8-15(9-7-12)17-10-11-18-15/h12-14,16H,1-11H2. The summed E-state index contributed by atoms with van der Waals surface area (Å²) in [4.78, 5) is 0. The Labute approximate surface area is 115 Å². The van der Waals surface area contributed by atoms with Crippen LogP contribution in [0.15, 0.2) is 0 Å². The van der Waals surface area contributed by atoms with Gasteiger partial charge in [0, 0.05) is 12.8 Å². The molecule has 0 aromatic carbocycles. The van der Waals surface area contributed by atoms with Gasteiger partial charge in [-0.1, -0.05) is 19.3 Å². The van der Waals surface area contributed by atoms with Crippen molar-refractivity contribution in [2.24, 2.45) is 0 Å². The van der Waals surface area contributed by atoms with E-state index in [1.807, 2.05) is 0 Å². The third-order valence-electron chi connectivity index (χ3n) is 4.79. The van der Waals surface area contributed by atoms with Crippen LogP contribution in [0.1, 0.15) is 57.8 Å². The lowest BCUT2D eigenvalue weighted by Gasteiger charge is -2.37. The Bertz CT molecular complexity index is 278. The minimum Gasteiger partial charge on any atom is -0.390 e. The molecule has 3 fully saturated rings. The van der Waals surface area contributed by atoms with E-state index in [1.165, 1.54) is 12.8 Å². The van der Waals surface area contributed by atoms with Crippen molar-refractivity contribution in [3.8, 4) is 0 Å². The van der Waals surface area contributed by atoms with Crippen molar-refractivity contribution >= 4 is 0 Å². The number of rotatable bonds is 2. The second kappa shape index (κ2) is 6.08. The van der Waals surface area contributed by atoms with Crippen molar-refractivity contribution in [1.82, 2.24) is 0 Å². The van der Waals surface area contributed by atoms with Gasteiger partial charge in [0.2, 0.25) is 0 Å². The van der Waals surface area contributed by atoms with Gasteiger partial charge in [0.25, 0.3) is 0 Å². The van der Waals surface area contributed by atoms with Crippen LogP contribution in [0.25, 0.3) is 0 Å². The van der Waals surface area contributed by atoms with Gasteiger partial charge in [0.15, 0.2) is 5.79 Å². The molecular weight excluding hydrogens is 244 g/mol. The lowest BCUT2D eigenvalue weighted by Crippen LogP contribution is -2.40. The van der Waals surface area contributed by atoms with E-state index in [2.05, 4.69) is 0 Å². The normalized spacial score (nSPS) is 36.5. The van der Waals surface area contributed by atoms with E-state index in [9.17, 15) is 5.11 Å². The van der Waals surface area contributed by atoms with Gasteiger partial charge in [-0.2, -0.15) is 0 Å². The van der Waals surface area contributed by atoms with Crippen LogP contribution in [0, 0.1) is 0 Å². The van der Waals surface area contributed by atoms with Crippen LogP contribution in [-0.2, 0) is 14.2 Å². The van der Waals surface area contributed by atoms with Gasteiger partial charge >= 0.3 is 0 Å². The van der Waals surface area contributed by atoms with Gasteiger partial charge in [-0.05, 0) is 25.7 Å². The summed E-state index contributed by atoms with van der Waals surface area (Å²) >= 11 is 0. The monoisotopic (exact) mass is 270 g/mol. The number of hydrogen-bond acceptors (Lipinski definition) is 4. The molecular formula is C15H26O4. The van der Waals surface area contributed by atoms with Crippen molar-refractivity contribution in [2.45, 2.75) is 81.9 Å². The zero-order valence-electron chi connectivity index (χ0n) is 11.7. The van der Waals surface area contributed by atoms with E-state index in [0.29, 0.717) is 0 Å². The lowest BCUT2D eigenvalue weighted by molar-refractivity contribution is -0.199. The summed E-state index contributed by atoms with van der Waals surface area (Å²) in [7, 11) is 0. The maximum absolute atomic E-state index is 10.1. The molecule has 3 rings (SSSR count). The van der Waals surface area contributed by atoms with Gasteiger partial charge in [-0.25, -0.2) is 0 Å². The Morgan fingerprint density at radius 1 is 0.895 bits per heavy atom. The van der Waals surface area contributed by atoms with Crippen molar-refractivity contribution in [3.63, 3.8) is 0 Å². The summed E-state index contributed by atoms with van der Waals surface area (Å²) in [6.07, 6.45) is 9.35. The van der Waals surface area contributed by atoms with Crippen LogP contribution in [-0.4, -0.2) is 42.4 Å². The van der Waals surface area contributed by atoms with Crippen molar-refractivity contribution < 1.29 is 19.3 Å². The van der Waals surface area contributed by atoms with Gasteiger partial charge < -0.3 is 19.3 Å². The second-order valence-corrected chi connectivity index (χ2v) is 6.19. The largest absolute Gasteiger partial charge is 0.390 e. The molecule has 0 bridgehead atoms. The molecule has 1 N–H and O–H groups in total. The molecule has 1 saturated heterocycles. The molecule has 0 aromatic heterocycles. The minimum absolute atomic E-state index is 0.0481. The first-order chi connectivity index (χ1) is 9.27. The average Bonchev–Trinajstić information content (AvgIpc) is 2.78. The third kappa shape index (κ3) is 3.30. The Morgan fingerprint density at radius 2 is 1.58 bits per heavy atom. The molecule has 1 aliphatic heterocycles. The maximum atomic E-state index is 10.1. The Morgan fingerprint density at radius 3 is 2.32 bits per heavy atom. The first-order valence-corrected chi connectivity index (χ1v) is 7.89. The first kappa shape index (κ1) is 13.8. The highest BCUT2D eigenvalue weighted by Gasteiger charge is 2.41. The summed E-state index contributed by atoms with van der Waals surface area (Å²) < 4.78 is 17.6. The Hall–Kier alpha value is -0.160. The van der Waals surface area contributed by atoms with E-state index in [1.54, 1.807) is 0 Å². The molecule has 2 unspecified atom stereocenters. The van der Waals surface area contributed by atoms with Gasteiger partial charge in [-0.15, -0.1) is 0 Å². The molecule has 0 amide bonds. The van der Waals surface area contributed by atoms with Crippen LogP contribution in [0.3, 0.4) is 0 Å². The van der Waals surface area contributed by atoms with Gasteiger partial charge in [-0.3, -0.25) is 0 Å². The maximum Gasteiger partial charge on any atom is 0.168 e. The molecule has 0 radical (unpaired) electrons. The van der Waals surface area contributed by atoms with Crippen LogP contribution in [0.5, 0.6) is 0 Å². The van der Waals surface area contributed by atoms with Crippen LogP contribution >= 0.6 is 0 Å². The van der Waals surface area contributed by atoms with Gasteiger partial charge in [0.1, 0.15) is 0 Å². The minimum atomic E-state index is -0.304. The predicted octanol–water partition coefficient (Wildman–Crippen LogP) is 2.38. The molecule has 110 valence electrons. The molecule has 2 atom stereocenters. The van der Waals surface area contributed by atoms with E-state index in [4.69, 9.17) is 14.2 Å². The fourth-order valence-electron chi connectivity index (χ4n) is 3.61. The highest BCUT2D eigenvalue weighted by Crippen LogP contribution is 2.37. The summed E-state index contributed by atoms with van der Waals surface area (Å²) in [5.74, 6) is -0.304. The number of aliphatic hydroxyl groups excluding tert-OH is 1. The zero-order chi connectivity index (χ0) is 13.1. The third-order valence-corrected chi connectivity index (χ3v) is 4.79. The predicted molar refractivity (Wildman–Crippen MR) is 70.9 cm³/mol. The highest BCUT2D eigenvalue weighted by atomic mass is 16.7. The Balaban J connectivity index is 1.48. The molecule has 19 heavy (non-hydrogen) atoms. The van der Waals surface area contributed by atoms with E-state index >= 15 is 0 Å². The topological polar surface area (TPSA) is 47.9 Å². The molecule has 4 nitrogen and oxygen atoms in total. The Kier molecular flexibility index (Phi) is 4.42. The van der Waals surface area contributed by atoms with E-state index in [-0.39, 0.29) is 24.1 Å². The summed E-state index contributed by atoms with van der Waals surface area (Å²) in [5, 5.41) is 10.1. The number of aliphatic hydroxyl groups is 1. The molecule has 2 saturated carbocycles. The van der Waals surface area contributed by atoms with Crippen molar-refractivity contribution in [2.75, 3.05) is 13.2 Å². The quantitative estimate of drug-likeness (QED) is 0.783. The lowest BCUT2D eigenvalue weighted by atomic mass is 9.91. The zero-order valence-corrected chi connectivity index (χ0v) is 11.7. The second-order valence-electron chi connectivity index (χ2n) is 6.19. The fraction of sp³-hybridized carbons (Fsp3) is 1.00. The molecule has 0 aromatic rings. The molecule has 1 heterocycles. The van der Waals surface area contributed by atoms with Crippen molar-refractivity contribution in [1.29, 1.82) is 0 Å². The fourth-order valence-corrected chi connectivity index (χ4v) is 3.61. The first-order valence-electron chi connectivity index (χ1n) is 7.89. The smallest absolute Gasteiger partial charge is 0.168 e. The highest BCUT2D eigenvalue weighted by molar-refractivity contribution is 4.84. The van der Waals surface area contributed by atoms with Crippen molar-refractivity contribution in [3.05, 3.63) is 0 Å². The SMILES string of the molecule is OC1CCCCCC1OC1CCC2(CC1)OCCO2. The molecule has 2 aliphatic carbocycles. The van der Waals surface area contributed by atoms with Gasteiger partial charge in [0.05, 0.1) is 31.5 Å². The number of hydrogen-bond donors (Lipinski definition) is 1. The average molecular weight is 270 g/mol. The number of ether oxygens (including phenoxy) is 3. The van der Waals surface area contributed by atoms with E-state index < -0.39 is 0 Å². The van der Waals surface area contributed by atoms with Crippen LogP contribution in [0.4, 0.5) is 0 Å². The van der Waals surface area contributed by atoms with E-state index in [0.717, 1.165) is 58.2 Å². The summed E-state index contributed by atoms with van der Waals surface area (Å²) in [6, 6.07) is 0. The molecule has 4 heteroatoms. The summed E-state index contributed by atoms with van der Waals surface area (Å²) in [5.41, 5.74) is 0. The van der Waals surface area contributed by atoms with Crippen LogP contribution in [0.2, 0.25) is 0 Å². The molecule has 1 spiro atoms. The summed E-state index contributed by atoms with van der Waals surface area (Å²) in [6.45, 7) is 1.46. The van der Waals surface area contributed by atoms with Crippen LogP contribution < -0.4 is 0 Å². The molecule has 3 aliphatic rings.